The quantitative estimate of drug-likeness (QED) is 0.490. The summed E-state index contributed by atoms with van der Waals surface area (Å²) in [6.45, 7) is 6.26. The van der Waals surface area contributed by atoms with Crippen LogP contribution in [-0.4, -0.2) is 19.9 Å². The maximum absolute atomic E-state index is 13.2. The van der Waals surface area contributed by atoms with Gasteiger partial charge in [-0.3, -0.25) is 19.4 Å². The van der Waals surface area contributed by atoms with Gasteiger partial charge in [0.25, 0.3) is 11.5 Å². The van der Waals surface area contributed by atoms with Gasteiger partial charge in [0, 0.05) is 12.7 Å². The number of amides is 1. The Balaban J connectivity index is 1.90. The molecule has 0 radical (unpaired) electrons. The lowest BCUT2D eigenvalue weighted by Crippen LogP contribution is -2.36. The van der Waals surface area contributed by atoms with Crippen LogP contribution >= 0.6 is 0 Å². The number of hydrogen-bond acceptors (Lipinski definition) is 4. The molecular formula is C24H25N5O2. The third-order valence-corrected chi connectivity index (χ3v) is 5.47. The molecule has 0 aliphatic carbocycles. The first-order valence-corrected chi connectivity index (χ1v) is 10.4. The van der Waals surface area contributed by atoms with Crippen LogP contribution in [0, 0.1) is 12.3 Å². The van der Waals surface area contributed by atoms with Crippen LogP contribution in [0.3, 0.4) is 0 Å². The van der Waals surface area contributed by atoms with Crippen LogP contribution in [0.15, 0.2) is 59.5 Å². The number of nitrogens with zero attached hydrogens (tertiary/aromatic N) is 3. The summed E-state index contributed by atoms with van der Waals surface area (Å²) in [7, 11) is 0. The standard InChI is InChI=1S/C24H25N5O2/c1-4-12-28-20(25)18(23(30)26-16(3)17-10-6-5-7-11-17)14-19-22(28)27-21-15(2)9-8-13-29(21)24(19)31/h5-11,13-14,16,25H,4,12H2,1-3H3,(H,26,30)/t16-/m1/s1. The van der Waals surface area contributed by atoms with Gasteiger partial charge in [-0.15, -0.1) is 0 Å². The maximum atomic E-state index is 13.2. The Labute approximate surface area is 179 Å². The van der Waals surface area contributed by atoms with E-state index in [1.807, 2.05) is 57.2 Å². The highest BCUT2D eigenvalue weighted by Gasteiger charge is 2.19. The van der Waals surface area contributed by atoms with Gasteiger partial charge < -0.3 is 9.88 Å². The second kappa shape index (κ2) is 8.18. The molecule has 0 bridgehead atoms. The van der Waals surface area contributed by atoms with Crippen molar-refractivity contribution in [2.75, 3.05) is 0 Å². The topological polar surface area (TPSA) is 92.2 Å². The van der Waals surface area contributed by atoms with Crippen molar-refractivity contribution in [3.05, 3.63) is 87.3 Å². The highest BCUT2D eigenvalue weighted by atomic mass is 16.2. The lowest BCUT2D eigenvalue weighted by atomic mass is 10.1. The van der Waals surface area contributed by atoms with Gasteiger partial charge in [0.05, 0.1) is 17.0 Å². The van der Waals surface area contributed by atoms with E-state index in [1.54, 1.807) is 16.8 Å². The predicted octanol–water partition coefficient (Wildman–Crippen LogP) is 3.34. The number of aromatic nitrogens is 3. The second-order valence-electron chi connectivity index (χ2n) is 7.70. The molecule has 3 heterocycles. The zero-order valence-corrected chi connectivity index (χ0v) is 17.8. The molecule has 1 aromatic carbocycles. The molecular weight excluding hydrogens is 390 g/mol. The summed E-state index contributed by atoms with van der Waals surface area (Å²) in [5, 5.41) is 12.0. The molecule has 2 N–H and O–H groups in total. The maximum Gasteiger partial charge on any atom is 0.267 e. The number of aryl methyl sites for hydroxylation is 2. The molecule has 4 aromatic rings. The highest BCUT2D eigenvalue weighted by molar-refractivity contribution is 5.97. The Morgan fingerprint density at radius 3 is 2.61 bits per heavy atom. The first-order valence-electron chi connectivity index (χ1n) is 10.4. The van der Waals surface area contributed by atoms with Crippen molar-refractivity contribution in [3.8, 4) is 0 Å². The lowest BCUT2D eigenvalue weighted by molar-refractivity contribution is 0.0937. The van der Waals surface area contributed by atoms with Gasteiger partial charge in [0.2, 0.25) is 0 Å². The molecule has 1 atom stereocenters. The minimum atomic E-state index is -0.387. The van der Waals surface area contributed by atoms with Crippen molar-refractivity contribution in [2.24, 2.45) is 0 Å². The number of rotatable bonds is 5. The van der Waals surface area contributed by atoms with Gasteiger partial charge in [-0.05, 0) is 43.5 Å². The summed E-state index contributed by atoms with van der Waals surface area (Å²) in [6, 6.07) is 14.6. The molecule has 4 rings (SSSR count). The summed E-state index contributed by atoms with van der Waals surface area (Å²) in [6.07, 6.45) is 2.42. The van der Waals surface area contributed by atoms with Crippen LogP contribution in [0.5, 0.6) is 0 Å². The minimum Gasteiger partial charge on any atom is -0.345 e. The molecule has 0 aliphatic heterocycles. The van der Waals surface area contributed by atoms with Crippen LogP contribution in [0.4, 0.5) is 0 Å². The number of hydrogen-bond donors (Lipinski definition) is 2. The van der Waals surface area contributed by atoms with E-state index in [-0.39, 0.29) is 28.6 Å². The third-order valence-electron chi connectivity index (χ3n) is 5.47. The summed E-state index contributed by atoms with van der Waals surface area (Å²) in [5.74, 6) is -0.387. The SMILES string of the molecule is CCCn1c(=N)c(C(=O)N[C@H](C)c2ccccc2)cc2c(=O)n3cccc(C)c3nc21. The molecule has 31 heavy (non-hydrogen) atoms. The first kappa shape index (κ1) is 20.5. The summed E-state index contributed by atoms with van der Waals surface area (Å²) < 4.78 is 3.15. The van der Waals surface area contributed by atoms with Crippen molar-refractivity contribution >= 4 is 22.6 Å². The number of fused-ring (bicyclic) bond motifs is 2. The fourth-order valence-electron chi connectivity index (χ4n) is 3.81. The average molecular weight is 415 g/mol. The Morgan fingerprint density at radius 1 is 1.16 bits per heavy atom. The zero-order valence-electron chi connectivity index (χ0n) is 17.8. The molecule has 158 valence electrons. The van der Waals surface area contributed by atoms with E-state index < -0.39 is 0 Å². The Kier molecular flexibility index (Phi) is 5.42. The number of carbonyl (C=O) groups excluding carboxylic acids is 1. The van der Waals surface area contributed by atoms with Gasteiger partial charge in [-0.1, -0.05) is 43.3 Å². The molecule has 0 unspecified atom stereocenters. The highest BCUT2D eigenvalue weighted by Crippen LogP contribution is 2.15. The van der Waals surface area contributed by atoms with E-state index in [4.69, 9.17) is 10.4 Å². The van der Waals surface area contributed by atoms with Crippen LogP contribution in [-0.2, 0) is 6.54 Å². The third kappa shape index (κ3) is 3.63. The summed E-state index contributed by atoms with van der Waals surface area (Å²) in [5.41, 5.74) is 2.78. The van der Waals surface area contributed by atoms with Crippen LogP contribution in [0.1, 0.15) is 47.8 Å². The van der Waals surface area contributed by atoms with Crippen molar-refractivity contribution in [1.82, 2.24) is 19.3 Å². The molecule has 3 aromatic heterocycles. The Bertz CT molecular complexity index is 1400. The molecule has 7 heteroatoms. The molecule has 0 aliphatic rings. The van der Waals surface area contributed by atoms with E-state index in [0.717, 1.165) is 17.5 Å². The van der Waals surface area contributed by atoms with Crippen LogP contribution < -0.4 is 16.4 Å². The monoisotopic (exact) mass is 415 g/mol. The number of nitrogens with one attached hydrogen (secondary N) is 2. The van der Waals surface area contributed by atoms with Crippen molar-refractivity contribution in [1.29, 1.82) is 5.41 Å². The van der Waals surface area contributed by atoms with E-state index in [1.165, 1.54) is 10.5 Å². The normalized spacial score (nSPS) is 12.2. The first-order chi connectivity index (χ1) is 14.9. The van der Waals surface area contributed by atoms with E-state index in [0.29, 0.717) is 23.2 Å². The van der Waals surface area contributed by atoms with Crippen molar-refractivity contribution < 1.29 is 4.79 Å². The molecule has 0 saturated carbocycles. The number of carbonyl (C=O) groups is 1. The molecule has 0 spiro atoms. The largest absolute Gasteiger partial charge is 0.345 e. The van der Waals surface area contributed by atoms with Crippen molar-refractivity contribution in [2.45, 2.75) is 39.8 Å². The summed E-state index contributed by atoms with van der Waals surface area (Å²) in [4.78, 5) is 31.0. The lowest BCUT2D eigenvalue weighted by Gasteiger charge is -2.17. The van der Waals surface area contributed by atoms with Gasteiger partial charge >= 0.3 is 0 Å². The Morgan fingerprint density at radius 2 is 1.90 bits per heavy atom. The predicted molar refractivity (Wildman–Crippen MR) is 120 cm³/mol. The molecule has 7 nitrogen and oxygen atoms in total. The van der Waals surface area contributed by atoms with Crippen LogP contribution in [0.25, 0.3) is 16.7 Å². The van der Waals surface area contributed by atoms with Gasteiger partial charge in [-0.2, -0.15) is 0 Å². The summed E-state index contributed by atoms with van der Waals surface area (Å²) >= 11 is 0. The van der Waals surface area contributed by atoms with Crippen molar-refractivity contribution in [3.63, 3.8) is 0 Å². The smallest absolute Gasteiger partial charge is 0.267 e. The number of pyridine rings is 2. The second-order valence-corrected chi connectivity index (χ2v) is 7.70. The average Bonchev–Trinajstić information content (AvgIpc) is 2.77. The molecule has 0 saturated heterocycles. The fraction of sp³-hybridized carbons (Fsp3) is 0.250. The van der Waals surface area contributed by atoms with E-state index >= 15 is 0 Å². The molecule has 1 amide bonds. The molecule has 0 fully saturated rings. The van der Waals surface area contributed by atoms with Gasteiger partial charge in [0.15, 0.2) is 0 Å². The Hall–Kier alpha value is -3.74. The van der Waals surface area contributed by atoms with Gasteiger partial charge in [0.1, 0.15) is 16.8 Å². The van der Waals surface area contributed by atoms with Gasteiger partial charge in [-0.25, -0.2) is 4.98 Å². The van der Waals surface area contributed by atoms with E-state index in [9.17, 15) is 9.59 Å². The van der Waals surface area contributed by atoms with E-state index in [2.05, 4.69) is 5.32 Å². The number of benzene rings is 1. The van der Waals surface area contributed by atoms with Crippen LogP contribution in [0.2, 0.25) is 0 Å². The minimum absolute atomic E-state index is 0.0527. The fourth-order valence-corrected chi connectivity index (χ4v) is 3.81. The zero-order chi connectivity index (χ0) is 22.1.